The zero-order valence-electron chi connectivity index (χ0n) is 7.36. The Morgan fingerprint density at radius 1 is 1.50 bits per heavy atom. The molecule has 2 N–H and O–H groups in total. The molecule has 4 heteroatoms. The van der Waals surface area contributed by atoms with Crippen molar-refractivity contribution in [3.05, 3.63) is 24.3 Å². The van der Waals surface area contributed by atoms with E-state index in [1.165, 1.54) is 12.1 Å². The van der Waals surface area contributed by atoms with Gasteiger partial charge in [-0.1, -0.05) is 5.92 Å². The molecule has 1 rings (SSSR count). The van der Waals surface area contributed by atoms with Gasteiger partial charge in [-0.2, -0.15) is 0 Å². The lowest BCUT2D eigenvalue weighted by atomic mass is 10.3. The maximum absolute atomic E-state index is 11.0. The van der Waals surface area contributed by atoms with Crippen LogP contribution in [0.5, 0.6) is 5.75 Å². The number of hydrogen-bond donors (Lipinski definition) is 2. The fraction of sp³-hybridized carbons (Fsp3) is 0.100. The molecular formula is C10H9NO3. The van der Waals surface area contributed by atoms with Crippen LogP contribution in [-0.2, 0) is 4.74 Å². The van der Waals surface area contributed by atoms with Crippen molar-refractivity contribution in [2.24, 2.45) is 0 Å². The average Bonchev–Trinajstić information content (AvgIpc) is 2.18. The monoisotopic (exact) mass is 191 g/mol. The van der Waals surface area contributed by atoms with E-state index in [0.717, 1.165) is 0 Å². The van der Waals surface area contributed by atoms with Crippen molar-refractivity contribution in [1.29, 1.82) is 0 Å². The molecule has 14 heavy (non-hydrogen) atoms. The summed E-state index contributed by atoms with van der Waals surface area (Å²) >= 11 is 0. The molecule has 0 radical (unpaired) electrons. The highest BCUT2D eigenvalue weighted by Crippen LogP contribution is 2.13. The van der Waals surface area contributed by atoms with E-state index in [-0.39, 0.29) is 12.4 Å². The van der Waals surface area contributed by atoms with E-state index in [1.54, 1.807) is 12.1 Å². The van der Waals surface area contributed by atoms with Crippen molar-refractivity contribution >= 4 is 11.8 Å². The third kappa shape index (κ3) is 3.07. The van der Waals surface area contributed by atoms with Crippen LogP contribution < -0.4 is 5.32 Å². The van der Waals surface area contributed by atoms with Crippen molar-refractivity contribution in [3.8, 4) is 18.1 Å². The summed E-state index contributed by atoms with van der Waals surface area (Å²) in [5.74, 6) is 2.30. The lowest BCUT2D eigenvalue weighted by molar-refractivity contribution is 0.176. The maximum Gasteiger partial charge on any atom is 0.412 e. The summed E-state index contributed by atoms with van der Waals surface area (Å²) in [7, 11) is 0. The lowest BCUT2D eigenvalue weighted by Crippen LogP contribution is -2.13. The molecule has 1 aromatic rings. The Morgan fingerprint density at radius 2 is 2.14 bits per heavy atom. The molecule has 0 bridgehead atoms. The summed E-state index contributed by atoms with van der Waals surface area (Å²) in [5, 5.41) is 11.4. The fourth-order valence-electron chi connectivity index (χ4n) is 0.806. The molecule has 4 nitrogen and oxygen atoms in total. The third-order valence-electron chi connectivity index (χ3n) is 1.40. The zero-order valence-corrected chi connectivity index (χ0v) is 7.36. The van der Waals surface area contributed by atoms with Gasteiger partial charge in [-0.15, -0.1) is 6.42 Å². The van der Waals surface area contributed by atoms with Gasteiger partial charge >= 0.3 is 6.09 Å². The number of anilines is 1. The highest BCUT2D eigenvalue weighted by atomic mass is 16.5. The molecule has 72 valence electrons. The number of aromatic hydroxyl groups is 1. The summed E-state index contributed by atoms with van der Waals surface area (Å²) in [6.45, 7) is -0.0656. The first kappa shape index (κ1) is 9.93. The van der Waals surface area contributed by atoms with E-state index in [2.05, 4.69) is 16.0 Å². The number of benzene rings is 1. The summed E-state index contributed by atoms with van der Waals surface area (Å²) in [6.07, 6.45) is 4.29. The van der Waals surface area contributed by atoms with Gasteiger partial charge in [0.15, 0.2) is 6.61 Å². The number of phenolic OH excluding ortho intramolecular Hbond substituents is 1. The van der Waals surface area contributed by atoms with Crippen molar-refractivity contribution in [2.45, 2.75) is 0 Å². The van der Waals surface area contributed by atoms with Crippen molar-refractivity contribution in [3.63, 3.8) is 0 Å². The van der Waals surface area contributed by atoms with Crippen molar-refractivity contribution < 1.29 is 14.6 Å². The Morgan fingerprint density at radius 3 is 2.71 bits per heavy atom. The van der Waals surface area contributed by atoms with Gasteiger partial charge in [0, 0.05) is 5.69 Å². The van der Waals surface area contributed by atoms with Crippen molar-refractivity contribution in [1.82, 2.24) is 0 Å². The molecule has 0 fully saturated rings. The van der Waals surface area contributed by atoms with Gasteiger partial charge in [0.25, 0.3) is 0 Å². The smallest absolute Gasteiger partial charge is 0.412 e. The van der Waals surface area contributed by atoms with Gasteiger partial charge in [-0.05, 0) is 24.3 Å². The van der Waals surface area contributed by atoms with Crippen LogP contribution in [0.3, 0.4) is 0 Å². The summed E-state index contributed by atoms with van der Waals surface area (Å²) < 4.78 is 4.58. The standard InChI is InChI=1S/C10H9NO3/c1-2-7-14-10(13)11-8-3-5-9(12)6-4-8/h1,3-6,12H,7H2,(H,11,13). The Hall–Kier alpha value is -2.15. The molecule has 1 aromatic carbocycles. The van der Waals surface area contributed by atoms with Gasteiger partial charge in [-0.25, -0.2) is 4.79 Å². The number of phenols is 1. The number of ether oxygens (including phenoxy) is 1. The number of amides is 1. The van der Waals surface area contributed by atoms with Crippen LogP contribution in [0.1, 0.15) is 0 Å². The molecule has 0 saturated carbocycles. The molecule has 0 aliphatic carbocycles. The molecule has 0 saturated heterocycles. The fourth-order valence-corrected chi connectivity index (χ4v) is 0.806. The molecule has 0 heterocycles. The minimum absolute atomic E-state index is 0.0656. The molecule has 0 spiro atoms. The average molecular weight is 191 g/mol. The van der Waals surface area contributed by atoms with Gasteiger partial charge in [0.2, 0.25) is 0 Å². The topological polar surface area (TPSA) is 58.6 Å². The van der Waals surface area contributed by atoms with Gasteiger partial charge in [0.05, 0.1) is 0 Å². The van der Waals surface area contributed by atoms with Gasteiger partial charge in [0.1, 0.15) is 5.75 Å². The van der Waals surface area contributed by atoms with Gasteiger partial charge in [-0.3, -0.25) is 5.32 Å². The molecule has 0 aliphatic rings. The Balaban J connectivity index is 2.49. The Kier molecular flexibility index (Phi) is 3.39. The number of rotatable bonds is 2. The first-order chi connectivity index (χ1) is 6.72. The maximum atomic E-state index is 11.0. The van der Waals surface area contributed by atoms with E-state index in [9.17, 15) is 4.79 Å². The van der Waals surface area contributed by atoms with Crippen LogP contribution in [0.15, 0.2) is 24.3 Å². The van der Waals surface area contributed by atoms with E-state index in [0.29, 0.717) is 5.69 Å². The predicted molar refractivity (Wildman–Crippen MR) is 51.9 cm³/mol. The van der Waals surface area contributed by atoms with Crippen LogP contribution in [0.2, 0.25) is 0 Å². The van der Waals surface area contributed by atoms with Crippen LogP contribution in [-0.4, -0.2) is 17.8 Å². The van der Waals surface area contributed by atoms with E-state index in [1.807, 2.05) is 0 Å². The second-order valence-electron chi connectivity index (χ2n) is 2.45. The quantitative estimate of drug-likeness (QED) is 0.551. The summed E-state index contributed by atoms with van der Waals surface area (Å²) in [4.78, 5) is 11.0. The van der Waals surface area contributed by atoms with E-state index in [4.69, 9.17) is 11.5 Å². The second-order valence-corrected chi connectivity index (χ2v) is 2.45. The summed E-state index contributed by atoms with van der Waals surface area (Å²) in [6, 6.07) is 6.01. The predicted octanol–water partition coefficient (Wildman–Crippen LogP) is 1.57. The Labute approximate surface area is 81.5 Å². The first-order valence-corrected chi connectivity index (χ1v) is 3.88. The highest BCUT2D eigenvalue weighted by molar-refractivity contribution is 5.84. The largest absolute Gasteiger partial charge is 0.508 e. The summed E-state index contributed by atoms with van der Waals surface area (Å²) in [5.41, 5.74) is 0.532. The lowest BCUT2D eigenvalue weighted by Gasteiger charge is -2.03. The molecular weight excluding hydrogens is 182 g/mol. The number of terminal acetylenes is 1. The molecule has 0 unspecified atom stereocenters. The number of hydrogen-bond acceptors (Lipinski definition) is 3. The van der Waals surface area contributed by atoms with E-state index < -0.39 is 6.09 Å². The molecule has 0 atom stereocenters. The SMILES string of the molecule is C#CCOC(=O)Nc1ccc(O)cc1. The van der Waals surface area contributed by atoms with Crippen LogP contribution in [0.25, 0.3) is 0 Å². The third-order valence-corrected chi connectivity index (χ3v) is 1.40. The van der Waals surface area contributed by atoms with E-state index >= 15 is 0 Å². The van der Waals surface area contributed by atoms with Crippen LogP contribution >= 0.6 is 0 Å². The number of carbonyl (C=O) groups excluding carboxylic acids is 1. The normalized spacial score (nSPS) is 8.79. The molecule has 0 aromatic heterocycles. The second kappa shape index (κ2) is 4.77. The molecule has 0 aliphatic heterocycles. The number of nitrogens with one attached hydrogen (secondary N) is 1. The minimum Gasteiger partial charge on any atom is -0.508 e. The minimum atomic E-state index is -0.617. The highest BCUT2D eigenvalue weighted by Gasteiger charge is 2.00. The molecule has 1 amide bonds. The zero-order chi connectivity index (χ0) is 10.4. The van der Waals surface area contributed by atoms with Gasteiger partial charge < -0.3 is 9.84 Å². The van der Waals surface area contributed by atoms with Crippen LogP contribution in [0.4, 0.5) is 10.5 Å². The first-order valence-electron chi connectivity index (χ1n) is 3.88. The van der Waals surface area contributed by atoms with Crippen LogP contribution in [0, 0.1) is 12.3 Å². The Bertz CT molecular complexity index is 351. The number of carbonyl (C=O) groups is 1. The van der Waals surface area contributed by atoms with Crippen molar-refractivity contribution in [2.75, 3.05) is 11.9 Å².